The summed E-state index contributed by atoms with van der Waals surface area (Å²) < 4.78 is 207. The first-order valence-electron chi connectivity index (χ1n) is 26.6. The second-order valence-electron chi connectivity index (χ2n) is 10.9. The summed E-state index contributed by atoms with van der Waals surface area (Å²) in [6.07, 6.45) is -3.80. The molecule has 4 heteroatoms. The molecule has 0 amide bonds. The molecule has 9 aromatic rings. The first kappa shape index (κ1) is 14.0. The van der Waals surface area contributed by atoms with Gasteiger partial charge in [-0.1, -0.05) is 127 Å². The first-order valence-corrected chi connectivity index (χ1v) is 15.8. The van der Waals surface area contributed by atoms with E-state index in [-0.39, 0.29) is 81.8 Å². The Bertz CT molecular complexity index is 4070. The van der Waals surface area contributed by atoms with Crippen molar-refractivity contribution in [3.05, 3.63) is 169 Å². The number of aromatic nitrogens is 2. The molecule has 0 aliphatic heterocycles. The van der Waals surface area contributed by atoms with E-state index in [1.807, 2.05) is 0 Å². The second-order valence-corrected chi connectivity index (χ2v) is 11.9. The molecule has 236 valence electrons. The molecule has 1 aliphatic carbocycles. The number of allylic oxidation sites excluding steroid dienone is 4. The predicted octanol–water partition coefficient (Wildman–Crippen LogP) is 13.0. The number of furan rings is 1. The van der Waals surface area contributed by atoms with E-state index in [0.717, 1.165) is 29.8 Å². The van der Waals surface area contributed by atoms with E-state index < -0.39 is 150 Å². The fourth-order valence-electron chi connectivity index (χ4n) is 5.72. The highest BCUT2D eigenvalue weighted by Crippen LogP contribution is 2.42. The largest absolute Gasteiger partial charge is 0.452 e. The highest BCUT2D eigenvalue weighted by Gasteiger charge is 2.18. The number of thiophene rings is 1. The van der Waals surface area contributed by atoms with E-state index in [9.17, 15) is 2.74 Å². The van der Waals surface area contributed by atoms with E-state index in [4.69, 9.17) is 33.2 Å². The molecule has 50 heavy (non-hydrogen) atoms. The van der Waals surface area contributed by atoms with Gasteiger partial charge in [0.25, 0.3) is 0 Å². The van der Waals surface area contributed by atoms with Crippen molar-refractivity contribution in [3.63, 3.8) is 0 Å². The van der Waals surface area contributed by atoms with Crippen LogP contribution in [0.15, 0.2) is 162 Å². The maximum atomic E-state index is 9.55. The minimum atomic E-state index is -2.87. The molecular formula is C46H30N2OS. The van der Waals surface area contributed by atoms with Crippen LogP contribution in [0.5, 0.6) is 0 Å². The minimum Gasteiger partial charge on any atom is -0.452 e. The summed E-state index contributed by atoms with van der Waals surface area (Å²) in [6, 6.07) is -5.99. The van der Waals surface area contributed by atoms with E-state index in [1.54, 1.807) is 0 Å². The maximum absolute atomic E-state index is 9.55. The van der Waals surface area contributed by atoms with Crippen molar-refractivity contribution in [2.24, 2.45) is 0 Å². The van der Waals surface area contributed by atoms with Crippen LogP contribution in [0, 0.1) is 0 Å². The van der Waals surface area contributed by atoms with Crippen LogP contribution in [0.25, 0.3) is 86.9 Å². The second kappa shape index (κ2) is 11.8. The topological polar surface area (TPSA) is 38.9 Å². The number of rotatable bonds is 5. The number of fused-ring (bicyclic) bond motifs is 6. The molecule has 0 radical (unpaired) electrons. The van der Waals surface area contributed by atoms with Gasteiger partial charge < -0.3 is 4.42 Å². The van der Waals surface area contributed by atoms with Gasteiger partial charge in [0, 0.05) is 35.2 Å². The van der Waals surface area contributed by atoms with E-state index >= 15 is 0 Å². The molecule has 3 heterocycles. The lowest BCUT2D eigenvalue weighted by Crippen LogP contribution is -1.93. The lowest BCUT2D eigenvalue weighted by molar-refractivity contribution is 0.667. The molecule has 0 saturated heterocycles. The molecule has 10 rings (SSSR count). The van der Waals surface area contributed by atoms with Gasteiger partial charge in [0.2, 0.25) is 0 Å². The average molecular weight is 682 g/mol. The van der Waals surface area contributed by atoms with Gasteiger partial charge in [-0.3, -0.25) is 0 Å². The van der Waals surface area contributed by atoms with Gasteiger partial charge in [0.15, 0.2) is 5.58 Å². The predicted molar refractivity (Wildman–Crippen MR) is 210 cm³/mol. The summed E-state index contributed by atoms with van der Waals surface area (Å²) in [6.45, 7) is 0. The molecule has 1 aliphatic rings. The van der Waals surface area contributed by atoms with Crippen molar-refractivity contribution in [3.8, 4) is 33.5 Å². The van der Waals surface area contributed by atoms with Gasteiger partial charge in [-0.05, 0) is 81.5 Å². The van der Waals surface area contributed by atoms with E-state index in [0.29, 0.717) is 0 Å². The number of hydrogen-bond acceptors (Lipinski definition) is 4. The fraction of sp³-hybridized carbons (Fsp3) is 0.0435. The zero-order chi connectivity index (χ0) is 53.1. The highest BCUT2D eigenvalue weighted by molar-refractivity contribution is 7.26. The van der Waals surface area contributed by atoms with Crippen molar-refractivity contribution in [2.45, 2.75) is 12.8 Å². The third kappa shape index (κ3) is 4.88. The molecule has 3 aromatic heterocycles. The summed E-state index contributed by atoms with van der Waals surface area (Å²) in [5.74, 6) is 0. The van der Waals surface area contributed by atoms with E-state index in [1.165, 1.54) is 18.2 Å². The number of hydrogen-bond donors (Lipinski definition) is 0. The van der Waals surface area contributed by atoms with Crippen LogP contribution in [0.4, 0.5) is 0 Å². The van der Waals surface area contributed by atoms with Gasteiger partial charge in [-0.25, -0.2) is 9.97 Å². The Morgan fingerprint density at radius 2 is 1.52 bits per heavy atom. The Hall–Kier alpha value is -6.10. The van der Waals surface area contributed by atoms with Crippen molar-refractivity contribution in [2.75, 3.05) is 0 Å². The van der Waals surface area contributed by atoms with Crippen molar-refractivity contribution >= 4 is 64.7 Å². The fourth-order valence-corrected chi connectivity index (χ4v) is 6.79. The molecule has 1 unspecified atom stereocenters. The third-order valence-electron chi connectivity index (χ3n) is 8.03. The third-order valence-corrected chi connectivity index (χ3v) is 9.15. The Kier molecular flexibility index (Phi) is 3.31. The van der Waals surface area contributed by atoms with Crippen LogP contribution in [0.2, 0.25) is 0 Å². The summed E-state index contributed by atoms with van der Waals surface area (Å²) in [7, 11) is 0. The summed E-state index contributed by atoms with van der Waals surface area (Å²) >= 11 is 0.815. The van der Waals surface area contributed by atoms with Crippen molar-refractivity contribution in [1.29, 1.82) is 0 Å². The van der Waals surface area contributed by atoms with Crippen molar-refractivity contribution < 1.29 is 35.9 Å². The zero-order valence-electron chi connectivity index (χ0n) is 48.3. The molecule has 3 nitrogen and oxygen atoms in total. The van der Waals surface area contributed by atoms with Crippen LogP contribution in [0.1, 0.15) is 55.4 Å². The summed E-state index contributed by atoms with van der Waals surface area (Å²) in [4.78, 5) is 8.79. The van der Waals surface area contributed by atoms with Gasteiger partial charge >= 0.3 is 0 Å². The molecule has 0 bridgehead atoms. The zero-order valence-corrected chi connectivity index (χ0v) is 26.1. The smallest absolute Gasteiger partial charge is 0.180 e. The van der Waals surface area contributed by atoms with Crippen LogP contribution >= 0.6 is 11.3 Å². The molecule has 6 aromatic carbocycles. The number of nitrogens with zero attached hydrogens (tertiary/aromatic N) is 2. The van der Waals surface area contributed by atoms with Gasteiger partial charge in [-0.2, -0.15) is 0 Å². The summed E-state index contributed by atoms with van der Waals surface area (Å²) in [5, 5.41) is 0.0858. The maximum Gasteiger partial charge on any atom is 0.180 e. The number of benzene rings is 6. The first-order chi connectivity index (χ1) is 34.3. The molecule has 0 spiro atoms. The lowest BCUT2D eigenvalue weighted by atomic mass is 9.89. The van der Waals surface area contributed by atoms with Gasteiger partial charge in [0.1, 0.15) is 23.1 Å². The Balaban J connectivity index is 1.15. The molecule has 1 atom stereocenters. The lowest BCUT2D eigenvalue weighted by Gasteiger charge is -2.15. The Morgan fingerprint density at radius 1 is 0.680 bits per heavy atom. The van der Waals surface area contributed by atoms with Crippen LogP contribution in [-0.2, 0) is 0 Å². The van der Waals surface area contributed by atoms with Gasteiger partial charge in [-0.15, -0.1) is 11.3 Å². The highest BCUT2D eigenvalue weighted by atomic mass is 32.1. The summed E-state index contributed by atoms with van der Waals surface area (Å²) in [5.41, 5.74) is -3.02. The standard InChI is InChI=1S/C46H30N2OS/c1-2-9-29(10-3-1)30-19-21-31(22-20-30)32-11-6-12-33(25-32)34-23-24-41-40(27-34)44-45(49-41)43(47-28-48-44)36-14-7-13-35(26-36)37-16-8-17-39-38-15-4-5-18-42(38)50-46(37)39/h1-5,7-10,12-28H,6,11H2/i1D,2D,3D,4D,5D,6D,8D,9D,10D,11D2,12D,13D,14D,15D,16D,17D,18D,19D,20D,21D,25D,26D. The van der Waals surface area contributed by atoms with Crippen LogP contribution in [-0.4, -0.2) is 9.97 Å². The van der Waals surface area contributed by atoms with Crippen molar-refractivity contribution in [1.82, 2.24) is 9.97 Å². The Morgan fingerprint density at radius 3 is 2.48 bits per heavy atom. The molecule has 0 fully saturated rings. The SMILES string of the molecule is [2H]C1=C(c2cc([2H])c(-c3c([2H])c([2H])c([2H])c([2H])c3[2H])c([2H])c2[2H])C([2H])([2H])C([2H])C([2H])=C1c1ccc2oc3c(-c4c([2H])cc([2H])c(-c5c([2H])c([2H])c([2H])c6c5sc5c([2H])c([2H])c([2H])c([2H])c56)c4[2H])ncnc3c2c1. The average Bonchev–Trinajstić information content (AvgIpc) is 3.93. The van der Waals surface area contributed by atoms with E-state index in [2.05, 4.69) is 9.97 Å². The minimum absolute atomic E-state index is 0.0345. The van der Waals surface area contributed by atoms with Crippen LogP contribution in [0.3, 0.4) is 0 Å². The molecular weight excluding hydrogens is 629 g/mol. The Labute approximate surface area is 325 Å². The quantitative estimate of drug-likeness (QED) is 0.181. The normalized spacial score (nSPS) is 22.6. The van der Waals surface area contributed by atoms with Gasteiger partial charge in [0.05, 0.1) is 27.4 Å². The molecule has 0 N–H and O–H groups in total. The molecule has 0 saturated carbocycles. The van der Waals surface area contributed by atoms with Crippen LogP contribution < -0.4 is 0 Å². The monoisotopic (exact) mass is 681 g/mol.